The van der Waals surface area contributed by atoms with Crippen LogP contribution in [0.1, 0.15) is 35.0 Å². The Morgan fingerprint density at radius 2 is 1.97 bits per heavy atom. The molecule has 11 heteroatoms. The van der Waals surface area contributed by atoms with Gasteiger partial charge in [-0.1, -0.05) is 30.8 Å². The fourth-order valence-corrected chi connectivity index (χ4v) is 4.51. The number of nitrogens with one attached hydrogen (secondary N) is 1. The Bertz CT molecular complexity index is 1260. The van der Waals surface area contributed by atoms with Gasteiger partial charge in [0.25, 0.3) is 5.91 Å². The lowest BCUT2D eigenvalue weighted by Gasteiger charge is -2.28. The molecule has 2 aromatic carbocycles. The van der Waals surface area contributed by atoms with Crippen LogP contribution in [0.4, 0.5) is 14.9 Å². The molecule has 2 heterocycles. The van der Waals surface area contributed by atoms with Gasteiger partial charge in [0.15, 0.2) is 11.5 Å². The van der Waals surface area contributed by atoms with Gasteiger partial charge in [0, 0.05) is 23.6 Å². The molecule has 3 aromatic rings. The van der Waals surface area contributed by atoms with Gasteiger partial charge in [-0.05, 0) is 42.3 Å². The zero-order chi connectivity index (χ0) is 25.5. The van der Waals surface area contributed by atoms with E-state index in [-0.39, 0.29) is 34.4 Å². The zero-order valence-electron chi connectivity index (χ0n) is 19.7. The molecule has 2 amide bonds. The predicted molar refractivity (Wildman–Crippen MR) is 135 cm³/mol. The number of carbonyl (C=O) groups is 2. The van der Waals surface area contributed by atoms with Crippen molar-refractivity contribution in [3.63, 3.8) is 0 Å². The topological polar surface area (TPSA) is 106 Å². The SMILES string of the molecule is CCC1SC(=O)N(Cc2ccc(NC(=O)c3cnccn3)cc2)N=C1c1ccc(OC)c(OCF)c1. The summed E-state index contributed by atoms with van der Waals surface area (Å²) < 4.78 is 23.2. The van der Waals surface area contributed by atoms with Crippen LogP contribution >= 0.6 is 11.8 Å². The highest BCUT2D eigenvalue weighted by Gasteiger charge is 2.30. The minimum Gasteiger partial charge on any atom is -0.493 e. The van der Waals surface area contributed by atoms with E-state index in [0.29, 0.717) is 23.6 Å². The van der Waals surface area contributed by atoms with Gasteiger partial charge < -0.3 is 14.8 Å². The number of carbonyl (C=O) groups excluding carboxylic acids is 2. The fourth-order valence-electron chi connectivity index (χ4n) is 3.58. The number of methoxy groups -OCH3 is 1. The van der Waals surface area contributed by atoms with Crippen LogP contribution in [0.2, 0.25) is 0 Å². The third-order valence-corrected chi connectivity index (χ3v) is 6.62. The molecule has 1 atom stereocenters. The van der Waals surface area contributed by atoms with Gasteiger partial charge in [-0.2, -0.15) is 5.10 Å². The number of anilines is 1. The van der Waals surface area contributed by atoms with E-state index in [1.165, 1.54) is 42.5 Å². The molecule has 0 aliphatic carbocycles. The second-order valence-corrected chi connectivity index (χ2v) is 8.84. The van der Waals surface area contributed by atoms with Crippen molar-refractivity contribution in [1.82, 2.24) is 15.0 Å². The van der Waals surface area contributed by atoms with Gasteiger partial charge in [-0.15, -0.1) is 0 Å². The van der Waals surface area contributed by atoms with Crippen LogP contribution in [-0.2, 0) is 6.54 Å². The van der Waals surface area contributed by atoms with E-state index >= 15 is 0 Å². The summed E-state index contributed by atoms with van der Waals surface area (Å²) in [6.07, 6.45) is 5.02. The number of hydrogen-bond acceptors (Lipinski definition) is 8. The molecule has 9 nitrogen and oxygen atoms in total. The molecule has 1 aliphatic heterocycles. The summed E-state index contributed by atoms with van der Waals surface area (Å²) in [6.45, 7) is 1.23. The zero-order valence-corrected chi connectivity index (χ0v) is 20.5. The first-order chi connectivity index (χ1) is 17.5. The van der Waals surface area contributed by atoms with Gasteiger partial charge in [0.05, 0.1) is 30.8 Å². The van der Waals surface area contributed by atoms with Gasteiger partial charge in [0.2, 0.25) is 6.86 Å². The van der Waals surface area contributed by atoms with Crippen LogP contribution in [0.25, 0.3) is 0 Å². The monoisotopic (exact) mass is 509 g/mol. The van der Waals surface area contributed by atoms with E-state index in [1.807, 2.05) is 25.1 Å². The number of nitrogens with zero attached hydrogens (tertiary/aromatic N) is 4. The highest BCUT2D eigenvalue weighted by atomic mass is 32.2. The summed E-state index contributed by atoms with van der Waals surface area (Å²) >= 11 is 1.20. The van der Waals surface area contributed by atoms with Gasteiger partial charge >= 0.3 is 5.24 Å². The molecule has 1 N–H and O–H groups in total. The first-order valence-electron chi connectivity index (χ1n) is 11.1. The number of halogens is 1. The van der Waals surface area contributed by atoms with Gasteiger partial charge in [-0.3, -0.25) is 14.6 Å². The Morgan fingerprint density at radius 1 is 1.17 bits per heavy atom. The number of aromatic nitrogens is 2. The highest BCUT2D eigenvalue weighted by Crippen LogP contribution is 2.34. The Hall–Kier alpha value is -3.99. The lowest BCUT2D eigenvalue weighted by atomic mass is 10.0. The molecule has 1 unspecified atom stereocenters. The Labute approximate surface area is 211 Å². The highest BCUT2D eigenvalue weighted by molar-refractivity contribution is 8.14. The average Bonchev–Trinajstić information content (AvgIpc) is 2.91. The van der Waals surface area contributed by atoms with Crippen LogP contribution in [0.3, 0.4) is 0 Å². The van der Waals surface area contributed by atoms with E-state index in [4.69, 9.17) is 9.47 Å². The normalized spacial score (nSPS) is 15.3. The van der Waals surface area contributed by atoms with Crippen molar-refractivity contribution in [2.45, 2.75) is 25.1 Å². The molecule has 0 radical (unpaired) electrons. The molecule has 1 aromatic heterocycles. The first-order valence-corrected chi connectivity index (χ1v) is 12.0. The number of ether oxygens (including phenoxy) is 2. The van der Waals surface area contributed by atoms with Crippen molar-refractivity contribution in [3.05, 3.63) is 77.9 Å². The summed E-state index contributed by atoms with van der Waals surface area (Å²) in [5.41, 5.74) is 3.04. The van der Waals surface area contributed by atoms with E-state index in [1.54, 1.807) is 24.3 Å². The van der Waals surface area contributed by atoms with Crippen molar-refractivity contribution in [2.24, 2.45) is 5.10 Å². The molecule has 0 spiro atoms. The maximum absolute atomic E-state index is 12.9. The second kappa shape index (κ2) is 11.6. The number of amides is 2. The van der Waals surface area contributed by atoms with Crippen molar-refractivity contribution in [1.29, 1.82) is 0 Å². The van der Waals surface area contributed by atoms with Crippen molar-refractivity contribution < 1.29 is 23.5 Å². The molecule has 0 saturated heterocycles. The Morgan fingerprint density at radius 3 is 2.64 bits per heavy atom. The number of alkyl halides is 1. The summed E-state index contributed by atoms with van der Waals surface area (Å²) in [4.78, 5) is 32.9. The third-order valence-electron chi connectivity index (χ3n) is 5.37. The number of rotatable bonds is 9. The van der Waals surface area contributed by atoms with E-state index in [9.17, 15) is 14.0 Å². The Kier molecular flexibility index (Phi) is 8.11. The standard InChI is InChI=1S/C25H24FN5O4S/c1-3-22-23(17-6-9-20(34-2)21(12-17)35-15-26)30-31(25(33)36-22)14-16-4-7-18(8-5-16)29-24(32)19-13-27-10-11-28-19/h4-13,22H,3,14-15H2,1-2H3,(H,29,32). The molecule has 0 fully saturated rings. The Balaban J connectivity index is 1.52. The van der Waals surface area contributed by atoms with Crippen molar-refractivity contribution >= 4 is 34.3 Å². The summed E-state index contributed by atoms with van der Waals surface area (Å²) in [6, 6.07) is 12.3. The summed E-state index contributed by atoms with van der Waals surface area (Å²) in [5, 5.41) is 8.50. The van der Waals surface area contributed by atoms with Crippen molar-refractivity contribution in [3.8, 4) is 11.5 Å². The largest absolute Gasteiger partial charge is 0.493 e. The second-order valence-electron chi connectivity index (χ2n) is 7.68. The van der Waals surface area contributed by atoms with Crippen LogP contribution in [-0.4, -0.2) is 51.1 Å². The molecule has 186 valence electrons. The predicted octanol–water partition coefficient (Wildman–Crippen LogP) is 4.90. The number of benzene rings is 2. The van der Waals surface area contributed by atoms with E-state index < -0.39 is 6.86 Å². The van der Waals surface area contributed by atoms with Crippen LogP contribution < -0.4 is 14.8 Å². The van der Waals surface area contributed by atoms with Gasteiger partial charge in [-0.25, -0.2) is 14.4 Å². The quantitative estimate of drug-likeness (QED) is 0.438. The van der Waals surface area contributed by atoms with Crippen LogP contribution in [0.5, 0.6) is 11.5 Å². The molecule has 36 heavy (non-hydrogen) atoms. The molecule has 1 aliphatic rings. The third kappa shape index (κ3) is 5.80. The minimum atomic E-state index is -0.988. The van der Waals surface area contributed by atoms with E-state index in [2.05, 4.69) is 20.4 Å². The molecule has 4 rings (SSSR count). The number of thioether (sulfide) groups is 1. The molecule has 0 bridgehead atoms. The number of hydrogen-bond donors (Lipinski definition) is 1. The minimum absolute atomic E-state index is 0.154. The lowest BCUT2D eigenvalue weighted by Crippen LogP contribution is -2.34. The molecule has 0 saturated carbocycles. The number of hydrazone groups is 1. The van der Waals surface area contributed by atoms with Crippen LogP contribution in [0, 0.1) is 0 Å². The maximum Gasteiger partial charge on any atom is 0.302 e. The van der Waals surface area contributed by atoms with Crippen molar-refractivity contribution in [2.75, 3.05) is 19.3 Å². The lowest BCUT2D eigenvalue weighted by molar-refractivity contribution is 0.102. The first kappa shape index (κ1) is 25.1. The summed E-state index contributed by atoms with van der Waals surface area (Å²) in [5.74, 6) is 0.310. The fraction of sp³-hybridized carbons (Fsp3) is 0.240. The molecular formula is C25H24FN5O4S. The summed E-state index contributed by atoms with van der Waals surface area (Å²) in [7, 11) is 1.48. The van der Waals surface area contributed by atoms with Crippen LogP contribution in [0.15, 0.2) is 66.2 Å². The smallest absolute Gasteiger partial charge is 0.302 e. The van der Waals surface area contributed by atoms with Gasteiger partial charge in [0.1, 0.15) is 5.69 Å². The average molecular weight is 510 g/mol. The molecular weight excluding hydrogens is 485 g/mol. The van der Waals surface area contributed by atoms with E-state index in [0.717, 1.165) is 11.1 Å². The maximum atomic E-state index is 12.9.